The molecule has 0 unspecified atom stereocenters. The van der Waals surface area contributed by atoms with Crippen LogP contribution in [0.4, 0.5) is 0 Å². The van der Waals surface area contributed by atoms with Crippen molar-refractivity contribution in [1.82, 2.24) is 0 Å². The van der Waals surface area contributed by atoms with Crippen molar-refractivity contribution in [3.63, 3.8) is 0 Å². The number of hydrogen-bond acceptors (Lipinski definition) is 1. The van der Waals surface area contributed by atoms with Gasteiger partial charge in [-0.05, 0) is 23.2 Å². The summed E-state index contributed by atoms with van der Waals surface area (Å²) in [7, 11) is 0. The lowest BCUT2D eigenvalue weighted by atomic mass is 10.0. The molecule has 2 heteroatoms. The van der Waals surface area contributed by atoms with Gasteiger partial charge in [0.25, 0.3) is 0 Å². The Morgan fingerprint density at radius 2 is 1.92 bits per heavy atom. The van der Waals surface area contributed by atoms with Crippen LogP contribution in [0.5, 0.6) is 0 Å². The van der Waals surface area contributed by atoms with E-state index in [1.54, 1.807) is 0 Å². The molecule has 0 aliphatic rings. The molecular formula is C10H19IO. The SMILES string of the molecule is CC(C)CC(=O)CCCCCI. The molecule has 0 aliphatic heterocycles. The highest BCUT2D eigenvalue weighted by atomic mass is 127. The zero-order chi connectivity index (χ0) is 9.40. The Morgan fingerprint density at radius 3 is 2.42 bits per heavy atom. The number of carbonyl (C=O) groups is 1. The first-order valence-corrected chi connectivity index (χ1v) is 6.27. The van der Waals surface area contributed by atoms with Crippen LogP contribution in [0.1, 0.15) is 46.0 Å². The van der Waals surface area contributed by atoms with Gasteiger partial charge in [0.2, 0.25) is 0 Å². The van der Waals surface area contributed by atoms with Crippen LogP contribution in [-0.2, 0) is 4.79 Å². The van der Waals surface area contributed by atoms with Gasteiger partial charge in [-0.1, -0.05) is 42.9 Å². The largest absolute Gasteiger partial charge is 0.300 e. The number of unbranched alkanes of at least 4 members (excludes halogenated alkanes) is 2. The topological polar surface area (TPSA) is 17.1 Å². The molecule has 0 radical (unpaired) electrons. The maximum atomic E-state index is 11.2. The summed E-state index contributed by atoms with van der Waals surface area (Å²) in [5.74, 6) is 0.973. The Balaban J connectivity index is 3.20. The van der Waals surface area contributed by atoms with Crippen molar-refractivity contribution in [2.75, 3.05) is 4.43 Å². The molecule has 0 aliphatic carbocycles. The maximum Gasteiger partial charge on any atom is 0.133 e. The zero-order valence-corrected chi connectivity index (χ0v) is 10.3. The maximum absolute atomic E-state index is 11.2. The molecule has 0 rings (SSSR count). The average Bonchev–Trinajstić information content (AvgIpc) is 1.97. The Kier molecular flexibility index (Phi) is 8.29. The van der Waals surface area contributed by atoms with Crippen LogP contribution in [0.2, 0.25) is 0 Å². The second kappa shape index (κ2) is 8.02. The highest BCUT2D eigenvalue weighted by Gasteiger charge is 2.03. The monoisotopic (exact) mass is 282 g/mol. The molecule has 0 saturated heterocycles. The summed E-state index contributed by atoms with van der Waals surface area (Å²) in [6.07, 6.45) is 5.13. The van der Waals surface area contributed by atoms with Gasteiger partial charge < -0.3 is 0 Å². The Bertz CT molecular complexity index is 121. The first-order chi connectivity index (χ1) is 5.66. The van der Waals surface area contributed by atoms with E-state index in [9.17, 15) is 4.79 Å². The van der Waals surface area contributed by atoms with Gasteiger partial charge in [-0.2, -0.15) is 0 Å². The molecule has 0 saturated carbocycles. The standard InChI is InChI=1S/C10H19IO/c1-9(2)8-10(12)6-4-3-5-7-11/h9H,3-8H2,1-2H3. The Hall–Kier alpha value is 0.400. The van der Waals surface area contributed by atoms with Crippen molar-refractivity contribution < 1.29 is 4.79 Å². The molecule has 1 nitrogen and oxygen atoms in total. The zero-order valence-electron chi connectivity index (χ0n) is 8.11. The molecule has 0 bridgehead atoms. The first kappa shape index (κ1) is 12.4. The van der Waals surface area contributed by atoms with Crippen molar-refractivity contribution in [1.29, 1.82) is 0 Å². The third-order valence-corrected chi connectivity index (χ3v) is 2.49. The van der Waals surface area contributed by atoms with E-state index < -0.39 is 0 Å². The van der Waals surface area contributed by atoms with Gasteiger partial charge in [0.05, 0.1) is 0 Å². The van der Waals surface area contributed by atoms with E-state index in [4.69, 9.17) is 0 Å². The summed E-state index contributed by atoms with van der Waals surface area (Å²) in [6.45, 7) is 4.20. The third kappa shape index (κ3) is 8.50. The smallest absolute Gasteiger partial charge is 0.133 e. The Morgan fingerprint density at radius 1 is 1.25 bits per heavy atom. The fraction of sp³-hybridized carbons (Fsp3) is 0.900. The van der Waals surface area contributed by atoms with Gasteiger partial charge in [-0.3, -0.25) is 4.79 Å². The normalized spacial score (nSPS) is 10.7. The van der Waals surface area contributed by atoms with Crippen molar-refractivity contribution >= 4 is 28.4 Å². The van der Waals surface area contributed by atoms with Gasteiger partial charge in [0, 0.05) is 12.8 Å². The van der Waals surface area contributed by atoms with E-state index in [1.165, 1.54) is 17.3 Å². The fourth-order valence-corrected chi connectivity index (χ4v) is 1.69. The highest BCUT2D eigenvalue weighted by molar-refractivity contribution is 14.1. The lowest BCUT2D eigenvalue weighted by Gasteiger charge is -2.02. The molecule has 72 valence electrons. The van der Waals surface area contributed by atoms with Crippen LogP contribution < -0.4 is 0 Å². The Labute approximate surface area is 89.4 Å². The summed E-state index contributed by atoms with van der Waals surface area (Å²) in [4.78, 5) is 11.2. The van der Waals surface area contributed by atoms with Crippen molar-refractivity contribution in [2.24, 2.45) is 5.92 Å². The van der Waals surface area contributed by atoms with Crippen LogP contribution in [0, 0.1) is 5.92 Å². The van der Waals surface area contributed by atoms with Crippen LogP contribution in [-0.4, -0.2) is 10.2 Å². The highest BCUT2D eigenvalue weighted by Crippen LogP contribution is 2.07. The molecule has 0 heterocycles. The molecule has 0 aromatic rings. The van der Waals surface area contributed by atoms with Crippen molar-refractivity contribution in [2.45, 2.75) is 46.0 Å². The summed E-state index contributed by atoms with van der Waals surface area (Å²) in [6, 6.07) is 0. The minimum absolute atomic E-state index is 0.443. The van der Waals surface area contributed by atoms with Crippen LogP contribution >= 0.6 is 22.6 Å². The van der Waals surface area contributed by atoms with Gasteiger partial charge in [0.15, 0.2) is 0 Å². The molecule has 12 heavy (non-hydrogen) atoms. The number of rotatable bonds is 7. The van der Waals surface area contributed by atoms with Gasteiger partial charge in [0.1, 0.15) is 5.78 Å². The van der Waals surface area contributed by atoms with Crippen LogP contribution in [0.15, 0.2) is 0 Å². The summed E-state index contributed by atoms with van der Waals surface area (Å²) >= 11 is 2.38. The van der Waals surface area contributed by atoms with Gasteiger partial charge in [-0.15, -0.1) is 0 Å². The van der Waals surface area contributed by atoms with Crippen molar-refractivity contribution in [3.8, 4) is 0 Å². The number of Topliss-reactive ketones (excluding diaryl/α,β-unsaturated/α-hetero) is 1. The predicted octanol–water partition coefficient (Wildman–Crippen LogP) is 3.60. The third-order valence-electron chi connectivity index (χ3n) is 1.73. The van der Waals surface area contributed by atoms with E-state index in [1.807, 2.05) is 0 Å². The number of ketones is 1. The van der Waals surface area contributed by atoms with Crippen LogP contribution in [0.3, 0.4) is 0 Å². The molecule has 0 spiro atoms. The molecule has 0 aromatic heterocycles. The molecule has 0 atom stereocenters. The summed E-state index contributed by atoms with van der Waals surface area (Å²) in [5.41, 5.74) is 0. The lowest BCUT2D eigenvalue weighted by Crippen LogP contribution is -2.02. The molecule has 0 fully saturated rings. The van der Waals surface area contributed by atoms with Crippen LogP contribution in [0.25, 0.3) is 0 Å². The average molecular weight is 282 g/mol. The second-order valence-corrected chi connectivity index (χ2v) is 4.72. The summed E-state index contributed by atoms with van der Waals surface area (Å²) < 4.78 is 1.22. The molecule has 0 amide bonds. The van der Waals surface area contributed by atoms with E-state index in [-0.39, 0.29) is 0 Å². The predicted molar refractivity (Wildman–Crippen MR) is 61.8 cm³/mol. The number of carbonyl (C=O) groups excluding carboxylic acids is 1. The minimum atomic E-state index is 0.443. The lowest BCUT2D eigenvalue weighted by molar-refractivity contribution is -0.119. The first-order valence-electron chi connectivity index (χ1n) is 4.74. The summed E-state index contributed by atoms with van der Waals surface area (Å²) in [5, 5.41) is 0. The quantitative estimate of drug-likeness (QED) is 0.396. The molecule has 0 N–H and O–H groups in total. The van der Waals surface area contributed by atoms with E-state index >= 15 is 0 Å². The van der Waals surface area contributed by atoms with Gasteiger partial charge in [-0.25, -0.2) is 0 Å². The van der Waals surface area contributed by atoms with E-state index in [2.05, 4.69) is 36.4 Å². The fourth-order valence-electron chi connectivity index (χ4n) is 1.15. The molecular weight excluding hydrogens is 263 g/mol. The molecule has 0 aromatic carbocycles. The number of halogens is 1. The minimum Gasteiger partial charge on any atom is -0.300 e. The van der Waals surface area contributed by atoms with E-state index in [0.717, 1.165) is 19.3 Å². The van der Waals surface area contributed by atoms with Gasteiger partial charge >= 0.3 is 0 Å². The number of hydrogen-bond donors (Lipinski definition) is 0. The van der Waals surface area contributed by atoms with E-state index in [0.29, 0.717) is 11.7 Å². The number of alkyl halides is 1. The van der Waals surface area contributed by atoms with Crippen molar-refractivity contribution in [3.05, 3.63) is 0 Å². The second-order valence-electron chi connectivity index (χ2n) is 3.64.